The Labute approximate surface area is 105 Å². The number of benzene rings is 1. The summed E-state index contributed by atoms with van der Waals surface area (Å²) in [5, 5.41) is 8.29. The molecule has 1 fully saturated rings. The highest BCUT2D eigenvalue weighted by Gasteiger charge is 2.24. The fourth-order valence-corrected chi connectivity index (χ4v) is 2.34. The summed E-state index contributed by atoms with van der Waals surface area (Å²) in [6.07, 6.45) is 4.01. The molecule has 92 valence electrons. The Kier molecular flexibility index (Phi) is 2.88. The molecule has 1 aromatic heterocycles. The van der Waals surface area contributed by atoms with Crippen LogP contribution in [-0.2, 0) is 4.79 Å². The average molecular weight is 242 g/mol. The summed E-state index contributed by atoms with van der Waals surface area (Å²) in [6.45, 7) is 0.823. The zero-order valence-corrected chi connectivity index (χ0v) is 9.99. The van der Waals surface area contributed by atoms with Crippen molar-refractivity contribution < 1.29 is 4.79 Å². The molecular weight excluding hydrogens is 228 g/mol. The number of hydrogen-bond acceptors (Lipinski definition) is 5. The first-order chi connectivity index (χ1) is 8.88. The second kappa shape index (κ2) is 4.68. The largest absolute Gasteiger partial charge is 0.330 e. The van der Waals surface area contributed by atoms with E-state index in [1.54, 1.807) is 0 Å². The molecule has 18 heavy (non-hydrogen) atoms. The van der Waals surface area contributed by atoms with E-state index in [9.17, 15) is 4.79 Å². The molecule has 0 bridgehead atoms. The van der Waals surface area contributed by atoms with Crippen molar-refractivity contribution in [3.63, 3.8) is 0 Å². The van der Waals surface area contributed by atoms with Gasteiger partial charge in [-0.1, -0.05) is 12.1 Å². The molecule has 2 heterocycles. The number of hydrogen-bond donors (Lipinski definition) is 0. The zero-order chi connectivity index (χ0) is 12.4. The van der Waals surface area contributed by atoms with Gasteiger partial charge in [-0.25, -0.2) is 4.98 Å². The summed E-state index contributed by atoms with van der Waals surface area (Å²) in [5.41, 5.74) is 1.60. The molecule has 3 rings (SSSR count). The number of carbonyl (C=O) groups excluding carboxylic acids is 1. The van der Waals surface area contributed by atoms with Crippen molar-refractivity contribution >= 4 is 23.3 Å². The van der Waals surface area contributed by atoms with Crippen LogP contribution in [0.25, 0.3) is 11.0 Å². The Morgan fingerprint density at radius 3 is 2.83 bits per heavy atom. The highest BCUT2D eigenvalue weighted by atomic mass is 16.1. The van der Waals surface area contributed by atoms with Crippen LogP contribution in [0.4, 0.5) is 5.95 Å². The third-order valence-electron chi connectivity index (χ3n) is 3.31. The molecule has 1 aliphatic heterocycles. The summed E-state index contributed by atoms with van der Waals surface area (Å²) >= 11 is 0. The number of piperidine rings is 1. The maximum Gasteiger partial charge on any atom is 0.246 e. The molecule has 0 spiro atoms. The van der Waals surface area contributed by atoms with Crippen LogP contribution in [0.2, 0.25) is 0 Å². The van der Waals surface area contributed by atoms with Gasteiger partial charge in [0.2, 0.25) is 5.95 Å². The van der Waals surface area contributed by atoms with Crippen molar-refractivity contribution in [1.82, 2.24) is 15.2 Å². The molecule has 0 N–H and O–H groups in total. The van der Waals surface area contributed by atoms with Gasteiger partial charge in [0.1, 0.15) is 11.8 Å². The first-order valence-electron chi connectivity index (χ1n) is 6.20. The topological polar surface area (TPSA) is 59.0 Å². The summed E-state index contributed by atoms with van der Waals surface area (Å²) in [7, 11) is 0. The Hall–Kier alpha value is -2.04. The standard InChI is InChI=1S/C13H14N4O/c18-9-10-5-3-4-8-17(10)13-14-11-6-1-2-7-12(11)15-16-13/h1-2,6-7,9-10H,3-5,8H2. The van der Waals surface area contributed by atoms with Crippen molar-refractivity contribution in [2.24, 2.45) is 0 Å². The second-order valence-corrected chi connectivity index (χ2v) is 4.49. The predicted molar refractivity (Wildman–Crippen MR) is 68.4 cm³/mol. The van der Waals surface area contributed by atoms with Gasteiger partial charge in [-0.15, -0.1) is 10.2 Å². The van der Waals surface area contributed by atoms with Gasteiger partial charge in [0.05, 0.1) is 11.6 Å². The minimum Gasteiger partial charge on any atom is -0.330 e. The molecule has 2 aromatic rings. The highest BCUT2D eigenvalue weighted by molar-refractivity contribution is 5.74. The average Bonchev–Trinajstić information content (AvgIpc) is 2.46. The molecule has 5 nitrogen and oxygen atoms in total. The molecule has 1 aromatic carbocycles. The molecule has 1 unspecified atom stereocenters. The fraction of sp³-hybridized carbons (Fsp3) is 0.385. The van der Waals surface area contributed by atoms with Crippen LogP contribution in [0.1, 0.15) is 19.3 Å². The van der Waals surface area contributed by atoms with Crippen molar-refractivity contribution in [1.29, 1.82) is 0 Å². The van der Waals surface area contributed by atoms with Crippen LogP contribution in [0.3, 0.4) is 0 Å². The van der Waals surface area contributed by atoms with E-state index in [0.717, 1.165) is 43.1 Å². The van der Waals surface area contributed by atoms with E-state index in [4.69, 9.17) is 0 Å². The molecule has 5 heteroatoms. The van der Waals surface area contributed by atoms with Gasteiger partial charge in [0.15, 0.2) is 0 Å². The Morgan fingerprint density at radius 2 is 2.00 bits per heavy atom. The molecule has 1 saturated heterocycles. The number of para-hydroxylation sites is 1. The Bertz CT molecular complexity index is 572. The maximum absolute atomic E-state index is 11.1. The number of aldehydes is 1. The maximum atomic E-state index is 11.1. The Balaban J connectivity index is 1.99. The highest BCUT2D eigenvalue weighted by Crippen LogP contribution is 2.21. The Morgan fingerprint density at radius 1 is 1.17 bits per heavy atom. The van der Waals surface area contributed by atoms with Crippen LogP contribution in [0, 0.1) is 0 Å². The van der Waals surface area contributed by atoms with E-state index in [-0.39, 0.29) is 6.04 Å². The summed E-state index contributed by atoms with van der Waals surface area (Å²) in [5.74, 6) is 0.561. The van der Waals surface area contributed by atoms with Crippen LogP contribution in [0.15, 0.2) is 24.3 Å². The first kappa shape index (κ1) is 11.1. The predicted octanol–water partition coefficient (Wildman–Crippen LogP) is 1.58. The van der Waals surface area contributed by atoms with E-state index in [1.165, 1.54) is 0 Å². The van der Waals surface area contributed by atoms with Crippen LogP contribution < -0.4 is 4.90 Å². The van der Waals surface area contributed by atoms with Crippen molar-refractivity contribution in [3.8, 4) is 0 Å². The second-order valence-electron chi connectivity index (χ2n) is 4.49. The summed E-state index contributed by atoms with van der Waals surface area (Å²) in [4.78, 5) is 17.5. The fourth-order valence-electron chi connectivity index (χ4n) is 2.34. The van der Waals surface area contributed by atoms with Gasteiger partial charge in [-0.2, -0.15) is 0 Å². The van der Waals surface area contributed by atoms with Gasteiger partial charge >= 0.3 is 0 Å². The smallest absolute Gasteiger partial charge is 0.246 e. The van der Waals surface area contributed by atoms with Crippen molar-refractivity contribution in [2.75, 3.05) is 11.4 Å². The van der Waals surface area contributed by atoms with Crippen LogP contribution >= 0.6 is 0 Å². The number of nitrogens with zero attached hydrogens (tertiary/aromatic N) is 4. The quantitative estimate of drug-likeness (QED) is 0.748. The van der Waals surface area contributed by atoms with Gasteiger partial charge in [0.25, 0.3) is 0 Å². The monoisotopic (exact) mass is 242 g/mol. The first-order valence-corrected chi connectivity index (χ1v) is 6.20. The molecular formula is C13H14N4O. The third-order valence-corrected chi connectivity index (χ3v) is 3.31. The lowest BCUT2D eigenvalue weighted by Crippen LogP contribution is -2.41. The number of fused-ring (bicyclic) bond motifs is 1. The lowest BCUT2D eigenvalue weighted by atomic mass is 10.0. The third kappa shape index (κ3) is 1.92. The van der Waals surface area contributed by atoms with E-state index < -0.39 is 0 Å². The van der Waals surface area contributed by atoms with Crippen molar-refractivity contribution in [2.45, 2.75) is 25.3 Å². The zero-order valence-electron chi connectivity index (χ0n) is 9.99. The number of aromatic nitrogens is 3. The van der Waals surface area contributed by atoms with E-state index >= 15 is 0 Å². The SMILES string of the molecule is O=CC1CCCCN1c1nnc2ccccc2n1. The molecule has 0 aliphatic carbocycles. The summed E-state index contributed by atoms with van der Waals surface area (Å²) in [6, 6.07) is 7.52. The van der Waals surface area contributed by atoms with Crippen molar-refractivity contribution in [3.05, 3.63) is 24.3 Å². The number of rotatable bonds is 2. The molecule has 1 atom stereocenters. The normalized spacial score (nSPS) is 20.0. The minimum absolute atomic E-state index is 0.110. The molecule has 0 saturated carbocycles. The van der Waals surface area contributed by atoms with Gasteiger partial charge < -0.3 is 9.69 Å². The van der Waals surface area contributed by atoms with E-state index in [1.807, 2.05) is 29.2 Å². The molecule has 0 radical (unpaired) electrons. The molecule has 0 amide bonds. The van der Waals surface area contributed by atoms with Gasteiger partial charge in [0, 0.05) is 6.54 Å². The lowest BCUT2D eigenvalue weighted by molar-refractivity contribution is -0.109. The van der Waals surface area contributed by atoms with Gasteiger partial charge in [-0.3, -0.25) is 0 Å². The molecule has 1 aliphatic rings. The van der Waals surface area contributed by atoms with Crippen LogP contribution in [-0.4, -0.2) is 34.1 Å². The van der Waals surface area contributed by atoms with E-state index in [2.05, 4.69) is 15.2 Å². The van der Waals surface area contributed by atoms with Gasteiger partial charge in [-0.05, 0) is 31.4 Å². The van der Waals surface area contributed by atoms with E-state index in [0.29, 0.717) is 5.95 Å². The van der Waals surface area contributed by atoms with Crippen LogP contribution in [0.5, 0.6) is 0 Å². The number of anilines is 1. The summed E-state index contributed by atoms with van der Waals surface area (Å²) < 4.78 is 0. The lowest BCUT2D eigenvalue weighted by Gasteiger charge is -2.31. The number of carbonyl (C=O) groups is 1. The minimum atomic E-state index is -0.110.